The van der Waals surface area contributed by atoms with Gasteiger partial charge in [0.25, 0.3) is 0 Å². The minimum absolute atomic E-state index is 0. The van der Waals surface area contributed by atoms with E-state index in [2.05, 4.69) is 60.5 Å². The predicted octanol–water partition coefficient (Wildman–Crippen LogP) is 3.54. The van der Waals surface area contributed by atoms with Crippen molar-refractivity contribution in [2.45, 2.75) is 13.5 Å². The second-order valence-electron chi connectivity index (χ2n) is 3.68. The highest BCUT2D eigenvalue weighted by atomic mass is 79.9. The lowest BCUT2D eigenvalue weighted by molar-refractivity contribution is 0.404. The number of benzene rings is 1. The molecule has 0 saturated heterocycles. The minimum Gasteiger partial charge on any atom is -0.369 e. The van der Waals surface area contributed by atoms with Crippen LogP contribution in [0.3, 0.4) is 0 Å². The van der Waals surface area contributed by atoms with Crippen molar-refractivity contribution in [2.75, 3.05) is 6.54 Å². The molecule has 80 valence electrons. The monoisotopic (exact) mass is 265 g/mol. The molecule has 1 heterocycles. The molecular weight excluding hydrogens is 250 g/mol. The summed E-state index contributed by atoms with van der Waals surface area (Å²) >= 11 is 0. The summed E-state index contributed by atoms with van der Waals surface area (Å²) in [6, 6.07) is 10.6. The van der Waals surface area contributed by atoms with Crippen molar-refractivity contribution >= 4 is 17.0 Å². The third-order valence-corrected chi connectivity index (χ3v) is 2.42. The molecule has 1 aliphatic heterocycles. The Morgan fingerprint density at radius 1 is 1.20 bits per heavy atom. The van der Waals surface area contributed by atoms with Gasteiger partial charge in [-0.2, -0.15) is 0 Å². The van der Waals surface area contributed by atoms with Crippen LogP contribution in [0.25, 0.3) is 0 Å². The average Bonchev–Trinajstić information content (AvgIpc) is 2.23. The average molecular weight is 266 g/mol. The fraction of sp³-hybridized carbons (Fsp3) is 0.231. The van der Waals surface area contributed by atoms with Gasteiger partial charge in [-0.3, -0.25) is 0 Å². The molecule has 0 N–H and O–H groups in total. The van der Waals surface area contributed by atoms with Gasteiger partial charge in [0.1, 0.15) is 0 Å². The number of hydrogen-bond acceptors (Lipinski definition) is 1. The molecule has 0 fully saturated rings. The summed E-state index contributed by atoms with van der Waals surface area (Å²) in [5.41, 5.74) is 2.72. The molecule has 0 aliphatic carbocycles. The van der Waals surface area contributed by atoms with Crippen LogP contribution in [0.5, 0.6) is 0 Å². The zero-order valence-electron chi connectivity index (χ0n) is 8.89. The fourth-order valence-electron chi connectivity index (χ4n) is 1.55. The van der Waals surface area contributed by atoms with E-state index in [1.54, 1.807) is 0 Å². The first-order valence-electron chi connectivity index (χ1n) is 4.97. The number of allylic oxidation sites excluding steroid dienone is 2. The zero-order valence-corrected chi connectivity index (χ0v) is 10.6. The molecule has 1 aromatic carbocycles. The van der Waals surface area contributed by atoms with Crippen molar-refractivity contribution in [1.82, 2.24) is 4.90 Å². The standard InChI is InChI=1S/C13H15N.BrH/c1-12-7-9-14(10-8-12)11-13-5-3-2-4-6-13;/h2-9H,10-11H2,1H3;1H. The van der Waals surface area contributed by atoms with Crippen LogP contribution in [-0.4, -0.2) is 11.4 Å². The van der Waals surface area contributed by atoms with Crippen molar-refractivity contribution in [3.05, 3.63) is 59.8 Å². The molecule has 2 rings (SSSR count). The highest BCUT2D eigenvalue weighted by Gasteiger charge is 2.02. The van der Waals surface area contributed by atoms with Crippen molar-refractivity contribution in [2.24, 2.45) is 0 Å². The van der Waals surface area contributed by atoms with Gasteiger partial charge in [0.2, 0.25) is 0 Å². The maximum absolute atomic E-state index is 2.31. The van der Waals surface area contributed by atoms with Gasteiger partial charge in [0.05, 0.1) is 0 Å². The predicted molar refractivity (Wildman–Crippen MR) is 70.1 cm³/mol. The molecule has 1 aliphatic rings. The van der Waals surface area contributed by atoms with Gasteiger partial charge in [-0.15, -0.1) is 17.0 Å². The Morgan fingerprint density at radius 3 is 2.53 bits per heavy atom. The van der Waals surface area contributed by atoms with E-state index in [9.17, 15) is 0 Å². The lowest BCUT2D eigenvalue weighted by Crippen LogP contribution is -2.18. The summed E-state index contributed by atoms with van der Waals surface area (Å²) in [7, 11) is 0. The zero-order chi connectivity index (χ0) is 9.80. The third kappa shape index (κ3) is 3.56. The van der Waals surface area contributed by atoms with Crippen LogP contribution in [0.1, 0.15) is 12.5 Å². The molecule has 0 radical (unpaired) electrons. The molecule has 2 heteroatoms. The van der Waals surface area contributed by atoms with E-state index in [4.69, 9.17) is 0 Å². The Morgan fingerprint density at radius 2 is 1.93 bits per heavy atom. The van der Waals surface area contributed by atoms with E-state index >= 15 is 0 Å². The maximum Gasteiger partial charge on any atom is 0.0427 e. The van der Waals surface area contributed by atoms with Gasteiger partial charge in [0.15, 0.2) is 0 Å². The molecule has 0 saturated carbocycles. The molecule has 1 aromatic rings. The van der Waals surface area contributed by atoms with Crippen LogP contribution in [0.15, 0.2) is 54.3 Å². The molecule has 0 bridgehead atoms. The molecule has 0 amide bonds. The quantitative estimate of drug-likeness (QED) is 0.791. The van der Waals surface area contributed by atoms with Crippen molar-refractivity contribution < 1.29 is 0 Å². The van der Waals surface area contributed by atoms with Gasteiger partial charge >= 0.3 is 0 Å². The van der Waals surface area contributed by atoms with Gasteiger partial charge in [0, 0.05) is 13.1 Å². The Bertz CT molecular complexity index is 354. The Kier molecular flexibility index (Phi) is 4.63. The van der Waals surface area contributed by atoms with E-state index in [1.165, 1.54) is 11.1 Å². The molecule has 1 nitrogen and oxygen atoms in total. The number of rotatable bonds is 2. The summed E-state index contributed by atoms with van der Waals surface area (Å²) in [5, 5.41) is 0. The van der Waals surface area contributed by atoms with Crippen molar-refractivity contribution in [3.63, 3.8) is 0 Å². The smallest absolute Gasteiger partial charge is 0.0427 e. The Balaban J connectivity index is 0.00000112. The highest BCUT2D eigenvalue weighted by Crippen LogP contribution is 2.10. The fourth-order valence-corrected chi connectivity index (χ4v) is 1.55. The molecular formula is C13H16BrN. The second-order valence-corrected chi connectivity index (χ2v) is 3.68. The maximum atomic E-state index is 2.31. The van der Waals surface area contributed by atoms with Crippen LogP contribution in [0.4, 0.5) is 0 Å². The van der Waals surface area contributed by atoms with Crippen LogP contribution in [0, 0.1) is 0 Å². The molecule has 0 atom stereocenters. The lowest BCUT2D eigenvalue weighted by Gasteiger charge is -2.21. The van der Waals surface area contributed by atoms with Gasteiger partial charge in [-0.25, -0.2) is 0 Å². The SMILES string of the molecule is Br.CC1=CCN(Cc2ccccc2)C=C1. The molecule has 0 unspecified atom stereocenters. The highest BCUT2D eigenvalue weighted by molar-refractivity contribution is 8.93. The minimum atomic E-state index is 0. The van der Waals surface area contributed by atoms with E-state index in [1.807, 2.05) is 0 Å². The largest absolute Gasteiger partial charge is 0.369 e. The van der Waals surface area contributed by atoms with Crippen LogP contribution >= 0.6 is 17.0 Å². The Labute approximate surface area is 102 Å². The van der Waals surface area contributed by atoms with Gasteiger partial charge < -0.3 is 4.90 Å². The molecule has 0 spiro atoms. The Hall–Kier alpha value is -1.02. The van der Waals surface area contributed by atoms with Gasteiger partial charge in [-0.1, -0.05) is 42.0 Å². The number of nitrogens with zero attached hydrogens (tertiary/aromatic N) is 1. The van der Waals surface area contributed by atoms with Crippen LogP contribution in [0.2, 0.25) is 0 Å². The first-order valence-corrected chi connectivity index (χ1v) is 4.97. The topological polar surface area (TPSA) is 3.24 Å². The summed E-state index contributed by atoms with van der Waals surface area (Å²) in [4.78, 5) is 2.31. The van der Waals surface area contributed by atoms with Crippen molar-refractivity contribution in [1.29, 1.82) is 0 Å². The van der Waals surface area contributed by atoms with Crippen molar-refractivity contribution in [3.8, 4) is 0 Å². The first-order chi connectivity index (χ1) is 6.84. The first kappa shape index (κ1) is 12.1. The van der Waals surface area contributed by atoms with E-state index in [-0.39, 0.29) is 17.0 Å². The second kappa shape index (κ2) is 5.76. The summed E-state index contributed by atoms with van der Waals surface area (Å²) in [5.74, 6) is 0. The normalized spacial score (nSPS) is 14.5. The summed E-state index contributed by atoms with van der Waals surface area (Å²) < 4.78 is 0. The van der Waals surface area contributed by atoms with Crippen LogP contribution in [-0.2, 0) is 6.54 Å². The van der Waals surface area contributed by atoms with E-state index < -0.39 is 0 Å². The summed E-state index contributed by atoms with van der Waals surface area (Å²) in [6.07, 6.45) is 6.58. The summed E-state index contributed by atoms with van der Waals surface area (Å²) in [6.45, 7) is 4.16. The lowest BCUT2D eigenvalue weighted by atomic mass is 10.2. The molecule has 15 heavy (non-hydrogen) atoms. The van der Waals surface area contributed by atoms with E-state index in [0.29, 0.717) is 0 Å². The third-order valence-electron chi connectivity index (χ3n) is 2.42. The number of hydrogen-bond donors (Lipinski definition) is 0. The van der Waals surface area contributed by atoms with E-state index in [0.717, 1.165) is 13.1 Å². The molecule has 0 aromatic heterocycles. The van der Waals surface area contributed by atoms with Crippen LogP contribution < -0.4 is 0 Å². The van der Waals surface area contributed by atoms with Gasteiger partial charge in [-0.05, 0) is 24.8 Å². The number of halogens is 1.